The Bertz CT molecular complexity index is 443. The summed E-state index contributed by atoms with van der Waals surface area (Å²) < 4.78 is 11.5. The fourth-order valence-electron chi connectivity index (χ4n) is 2.89. The van der Waals surface area contributed by atoms with Crippen LogP contribution in [-0.2, 0) is 0 Å². The van der Waals surface area contributed by atoms with E-state index in [0.29, 0.717) is 0 Å². The monoisotopic (exact) mass is 265 g/mol. The van der Waals surface area contributed by atoms with E-state index in [2.05, 4.69) is 0 Å². The Morgan fingerprint density at radius 3 is 3.11 bits per heavy atom. The fraction of sp³-hybridized carbons (Fsp3) is 0.571. The number of rotatable bonds is 1. The molecule has 3 nitrogen and oxygen atoms in total. The van der Waals surface area contributed by atoms with Crippen LogP contribution >= 0.6 is 11.8 Å². The molecule has 3 rings (SSSR count). The number of hydrogen-bond acceptors (Lipinski definition) is 4. The van der Waals surface area contributed by atoms with Gasteiger partial charge < -0.3 is 15.2 Å². The molecule has 98 valence electrons. The molecule has 1 saturated heterocycles. The van der Waals surface area contributed by atoms with Gasteiger partial charge in [-0.3, -0.25) is 0 Å². The second kappa shape index (κ2) is 4.67. The number of hydrogen-bond donors (Lipinski definition) is 1. The van der Waals surface area contributed by atoms with E-state index in [1.54, 1.807) is 7.11 Å². The zero-order chi connectivity index (χ0) is 12.6. The average Bonchev–Trinajstić information content (AvgIpc) is 2.39. The first-order chi connectivity index (χ1) is 8.72. The molecule has 0 aromatic heterocycles. The fourth-order valence-corrected chi connectivity index (χ4v) is 4.08. The Labute approximate surface area is 112 Å². The molecule has 1 spiro atoms. The van der Waals surface area contributed by atoms with Crippen molar-refractivity contribution in [1.29, 1.82) is 0 Å². The molecule has 18 heavy (non-hydrogen) atoms. The van der Waals surface area contributed by atoms with Gasteiger partial charge in [0.15, 0.2) is 0 Å². The lowest BCUT2D eigenvalue weighted by Gasteiger charge is -2.43. The first-order valence-electron chi connectivity index (χ1n) is 6.43. The van der Waals surface area contributed by atoms with Gasteiger partial charge in [-0.2, -0.15) is 11.8 Å². The summed E-state index contributed by atoms with van der Waals surface area (Å²) in [5.74, 6) is 4.10. The summed E-state index contributed by atoms with van der Waals surface area (Å²) in [5.41, 5.74) is 7.37. The van der Waals surface area contributed by atoms with Crippen LogP contribution in [0.1, 0.15) is 30.9 Å². The lowest BCUT2D eigenvalue weighted by molar-refractivity contribution is 0.0470. The Balaban J connectivity index is 1.92. The predicted molar refractivity (Wildman–Crippen MR) is 74.5 cm³/mol. The molecule has 1 fully saturated rings. The number of fused-ring (bicyclic) bond motifs is 1. The lowest BCUT2D eigenvalue weighted by Crippen LogP contribution is -2.46. The minimum atomic E-state index is -0.0378. The van der Waals surface area contributed by atoms with E-state index in [0.717, 1.165) is 35.7 Å². The third kappa shape index (κ3) is 2.08. The van der Waals surface area contributed by atoms with Crippen LogP contribution in [0, 0.1) is 0 Å². The summed E-state index contributed by atoms with van der Waals surface area (Å²) in [4.78, 5) is 0. The van der Waals surface area contributed by atoms with Crippen molar-refractivity contribution >= 4 is 11.8 Å². The second-order valence-corrected chi connectivity index (χ2v) is 6.26. The van der Waals surface area contributed by atoms with Gasteiger partial charge in [0.25, 0.3) is 0 Å². The van der Waals surface area contributed by atoms with Crippen molar-refractivity contribution < 1.29 is 9.47 Å². The molecule has 1 unspecified atom stereocenters. The van der Waals surface area contributed by atoms with E-state index in [1.165, 1.54) is 12.2 Å². The van der Waals surface area contributed by atoms with E-state index in [4.69, 9.17) is 15.2 Å². The van der Waals surface area contributed by atoms with Gasteiger partial charge in [0.2, 0.25) is 0 Å². The molecule has 0 saturated carbocycles. The van der Waals surface area contributed by atoms with Crippen LogP contribution in [0.15, 0.2) is 18.2 Å². The molecule has 2 aliphatic heterocycles. The maximum absolute atomic E-state index is 6.33. The number of methoxy groups -OCH3 is 1. The minimum Gasteiger partial charge on any atom is -0.497 e. The van der Waals surface area contributed by atoms with E-state index in [-0.39, 0.29) is 11.6 Å². The quantitative estimate of drug-likeness (QED) is 0.848. The van der Waals surface area contributed by atoms with Crippen molar-refractivity contribution in [3.63, 3.8) is 0 Å². The average molecular weight is 265 g/mol. The second-order valence-electron chi connectivity index (χ2n) is 5.16. The Kier molecular flexibility index (Phi) is 3.16. The Hall–Kier alpha value is -0.870. The molecule has 0 radical (unpaired) electrons. The van der Waals surface area contributed by atoms with E-state index in [9.17, 15) is 0 Å². The maximum Gasteiger partial charge on any atom is 0.125 e. The molecular weight excluding hydrogens is 246 g/mol. The van der Waals surface area contributed by atoms with Gasteiger partial charge in [-0.25, -0.2) is 0 Å². The topological polar surface area (TPSA) is 44.5 Å². The Morgan fingerprint density at radius 1 is 1.50 bits per heavy atom. The first-order valence-corrected chi connectivity index (χ1v) is 7.58. The van der Waals surface area contributed by atoms with Crippen molar-refractivity contribution in [1.82, 2.24) is 0 Å². The van der Waals surface area contributed by atoms with E-state index >= 15 is 0 Å². The van der Waals surface area contributed by atoms with Gasteiger partial charge in [-0.05, 0) is 36.8 Å². The molecule has 2 aliphatic rings. The lowest BCUT2D eigenvalue weighted by atomic mass is 9.85. The van der Waals surface area contributed by atoms with Crippen LogP contribution < -0.4 is 15.2 Å². The highest BCUT2D eigenvalue weighted by molar-refractivity contribution is 7.99. The molecule has 2 heterocycles. The number of benzene rings is 1. The summed E-state index contributed by atoms with van der Waals surface area (Å²) >= 11 is 1.98. The molecule has 0 aliphatic carbocycles. The van der Waals surface area contributed by atoms with Crippen molar-refractivity contribution in [2.75, 3.05) is 18.6 Å². The largest absolute Gasteiger partial charge is 0.497 e. The molecule has 0 bridgehead atoms. The first kappa shape index (κ1) is 12.2. The number of ether oxygens (including phenoxy) is 2. The molecule has 2 atom stereocenters. The highest BCUT2D eigenvalue weighted by atomic mass is 32.2. The highest BCUT2D eigenvalue weighted by Crippen LogP contribution is 2.45. The van der Waals surface area contributed by atoms with E-state index < -0.39 is 0 Å². The number of nitrogens with two attached hydrogens (primary N) is 1. The predicted octanol–water partition coefficient (Wildman–Crippen LogP) is 2.74. The van der Waals surface area contributed by atoms with Gasteiger partial charge in [0, 0.05) is 23.8 Å². The van der Waals surface area contributed by atoms with Crippen LogP contribution in [0.3, 0.4) is 0 Å². The molecule has 1 aromatic carbocycles. The summed E-state index contributed by atoms with van der Waals surface area (Å²) in [5, 5.41) is 0. The van der Waals surface area contributed by atoms with Crippen LogP contribution in [0.4, 0.5) is 0 Å². The summed E-state index contributed by atoms with van der Waals surface area (Å²) in [6, 6.07) is 6.00. The van der Waals surface area contributed by atoms with Crippen LogP contribution in [0.5, 0.6) is 11.5 Å². The molecular formula is C14H19NO2S. The van der Waals surface area contributed by atoms with Gasteiger partial charge in [0.05, 0.1) is 7.11 Å². The van der Waals surface area contributed by atoms with Crippen molar-refractivity contribution in [3.8, 4) is 11.5 Å². The third-order valence-electron chi connectivity index (χ3n) is 3.82. The van der Waals surface area contributed by atoms with E-state index in [1.807, 2.05) is 30.0 Å². The smallest absolute Gasteiger partial charge is 0.125 e. The SMILES string of the molecule is COc1ccc2c(c1)[C@@H](N)CC1(CCCSC1)O2. The van der Waals surface area contributed by atoms with Crippen molar-refractivity contribution in [2.24, 2.45) is 5.73 Å². The van der Waals surface area contributed by atoms with Gasteiger partial charge in [-0.1, -0.05) is 0 Å². The normalized spacial score (nSPS) is 30.7. The molecule has 1 aromatic rings. The summed E-state index contributed by atoms with van der Waals surface area (Å²) in [6.07, 6.45) is 3.27. The van der Waals surface area contributed by atoms with Gasteiger partial charge in [-0.15, -0.1) is 0 Å². The van der Waals surface area contributed by atoms with Gasteiger partial charge in [0.1, 0.15) is 17.1 Å². The molecule has 2 N–H and O–H groups in total. The third-order valence-corrected chi connectivity index (χ3v) is 5.13. The van der Waals surface area contributed by atoms with Crippen LogP contribution in [-0.4, -0.2) is 24.2 Å². The van der Waals surface area contributed by atoms with Gasteiger partial charge >= 0.3 is 0 Å². The molecule has 4 heteroatoms. The van der Waals surface area contributed by atoms with Crippen LogP contribution in [0.2, 0.25) is 0 Å². The maximum atomic E-state index is 6.33. The standard InChI is InChI=1S/C14H19NO2S/c1-16-10-3-4-13-11(7-10)12(15)8-14(17-13)5-2-6-18-9-14/h3-4,7,12H,2,5-6,8-9,15H2,1H3/t12-,14?/m0/s1. The zero-order valence-electron chi connectivity index (χ0n) is 10.6. The summed E-state index contributed by atoms with van der Waals surface area (Å²) in [6.45, 7) is 0. The summed E-state index contributed by atoms with van der Waals surface area (Å²) in [7, 11) is 1.68. The number of thioether (sulfide) groups is 1. The van der Waals surface area contributed by atoms with Crippen molar-refractivity contribution in [2.45, 2.75) is 30.9 Å². The van der Waals surface area contributed by atoms with Crippen molar-refractivity contribution in [3.05, 3.63) is 23.8 Å². The Morgan fingerprint density at radius 2 is 2.39 bits per heavy atom. The molecule has 0 amide bonds. The zero-order valence-corrected chi connectivity index (χ0v) is 11.5. The minimum absolute atomic E-state index is 0.0378. The highest BCUT2D eigenvalue weighted by Gasteiger charge is 2.41. The van der Waals surface area contributed by atoms with Crippen LogP contribution in [0.25, 0.3) is 0 Å².